The average Bonchev–Trinajstić information content (AvgIpc) is 3.40. The van der Waals surface area contributed by atoms with Crippen LogP contribution in [0.5, 0.6) is 5.75 Å². The number of hydrogen-bond donors (Lipinski definition) is 3. The molecular formula is C24H29N7O3. The summed E-state index contributed by atoms with van der Waals surface area (Å²) in [5.41, 5.74) is 8.65. The second kappa shape index (κ2) is 9.40. The number of anilines is 2. The summed E-state index contributed by atoms with van der Waals surface area (Å²) in [6.45, 7) is 1.47. The van der Waals surface area contributed by atoms with Crippen LogP contribution in [0.2, 0.25) is 0 Å². The maximum Gasteiger partial charge on any atom is 0.254 e. The monoisotopic (exact) mass is 463 g/mol. The van der Waals surface area contributed by atoms with Crippen LogP contribution in [0.15, 0.2) is 42.9 Å². The highest BCUT2D eigenvalue weighted by Crippen LogP contribution is 2.39. The molecule has 3 heterocycles. The number of carbonyl (C=O) groups excluding carboxylic acids is 1. The number of hydrogen-bond acceptors (Lipinski definition) is 8. The van der Waals surface area contributed by atoms with E-state index >= 15 is 0 Å². The van der Waals surface area contributed by atoms with Gasteiger partial charge in [0.05, 0.1) is 31.6 Å². The third kappa shape index (κ3) is 4.59. The van der Waals surface area contributed by atoms with Gasteiger partial charge >= 0.3 is 0 Å². The standard InChI is InChI=1S/C24H29N7O3/c1-34-21-12-26-24(29-22(21)17-11-27-31(13-17)20(10-25)15-5-6-15)28-18-4-2-3-16(9-18)23(33)30-8-7-19(32)14-30/h2-4,9,11-13,15,19-20,32H,5-8,10,14,25H2,1H3,(H,26,28,29)/t19-,20?/m1/s1. The molecule has 2 fully saturated rings. The summed E-state index contributed by atoms with van der Waals surface area (Å²) in [7, 11) is 1.58. The van der Waals surface area contributed by atoms with Crippen LogP contribution >= 0.6 is 0 Å². The number of nitrogens with one attached hydrogen (secondary N) is 1. The Labute approximate surface area is 197 Å². The highest BCUT2D eigenvalue weighted by molar-refractivity contribution is 5.95. The average molecular weight is 464 g/mol. The minimum Gasteiger partial charge on any atom is -0.493 e. The summed E-state index contributed by atoms with van der Waals surface area (Å²) in [5.74, 6) is 1.40. The molecule has 0 radical (unpaired) electrons. The van der Waals surface area contributed by atoms with Crippen molar-refractivity contribution < 1.29 is 14.6 Å². The van der Waals surface area contributed by atoms with Gasteiger partial charge in [0.2, 0.25) is 5.95 Å². The smallest absolute Gasteiger partial charge is 0.254 e. The first-order valence-corrected chi connectivity index (χ1v) is 11.6. The molecule has 34 heavy (non-hydrogen) atoms. The lowest BCUT2D eigenvalue weighted by Crippen LogP contribution is -2.29. The van der Waals surface area contributed by atoms with E-state index in [1.807, 2.05) is 16.9 Å². The van der Waals surface area contributed by atoms with Gasteiger partial charge < -0.3 is 25.8 Å². The molecule has 10 nitrogen and oxygen atoms in total. The van der Waals surface area contributed by atoms with Crippen LogP contribution in [0.25, 0.3) is 11.3 Å². The SMILES string of the molecule is COc1cnc(Nc2cccc(C(=O)N3CC[C@@H](O)C3)c2)nc1-c1cnn(C(CN)C2CC2)c1. The fourth-order valence-corrected chi connectivity index (χ4v) is 4.39. The number of aliphatic hydroxyl groups is 1. The van der Waals surface area contributed by atoms with E-state index in [1.54, 1.807) is 42.6 Å². The quantitative estimate of drug-likeness (QED) is 0.463. The zero-order valence-electron chi connectivity index (χ0n) is 19.1. The van der Waals surface area contributed by atoms with Crippen LogP contribution in [-0.2, 0) is 0 Å². The van der Waals surface area contributed by atoms with Crippen molar-refractivity contribution in [3.05, 3.63) is 48.4 Å². The maximum absolute atomic E-state index is 12.8. The Morgan fingerprint density at radius 2 is 2.18 bits per heavy atom. The molecule has 3 aromatic rings. The highest BCUT2D eigenvalue weighted by atomic mass is 16.5. The second-order valence-corrected chi connectivity index (χ2v) is 8.86. The third-order valence-corrected chi connectivity index (χ3v) is 6.41. The van der Waals surface area contributed by atoms with Gasteiger partial charge in [0, 0.05) is 42.6 Å². The molecule has 1 aliphatic heterocycles. The number of methoxy groups -OCH3 is 1. The third-order valence-electron chi connectivity index (χ3n) is 6.41. The number of nitrogens with zero attached hydrogens (tertiary/aromatic N) is 5. The molecular weight excluding hydrogens is 434 g/mol. The number of amides is 1. The highest BCUT2D eigenvalue weighted by Gasteiger charge is 2.32. The number of rotatable bonds is 8. The fourth-order valence-electron chi connectivity index (χ4n) is 4.39. The van der Waals surface area contributed by atoms with E-state index in [1.165, 1.54) is 12.8 Å². The summed E-state index contributed by atoms with van der Waals surface area (Å²) in [5, 5.41) is 17.5. The maximum atomic E-state index is 12.8. The molecule has 0 bridgehead atoms. The normalized spacial score (nSPS) is 18.7. The van der Waals surface area contributed by atoms with Gasteiger partial charge in [-0.05, 0) is 43.4 Å². The van der Waals surface area contributed by atoms with Crippen molar-refractivity contribution in [3.8, 4) is 17.0 Å². The van der Waals surface area contributed by atoms with Gasteiger partial charge in [-0.25, -0.2) is 9.97 Å². The first-order valence-electron chi connectivity index (χ1n) is 11.6. The fraction of sp³-hybridized carbons (Fsp3) is 0.417. The molecule has 178 valence electrons. The molecule has 1 unspecified atom stereocenters. The molecule has 1 saturated carbocycles. The number of aromatic nitrogens is 4. The Bertz CT molecular complexity index is 1180. The minimum absolute atomic E-state index is 0.103. The summed E-state index contributed by atoms with van der Waals surface area (Å²) >= 11 is 0. The number of nitrogens with two attached hydrogens (primary N) is 1. The second-order valence-electron chi connectivity index (χ2n) is 8.86. The Balaban J connectivity index is 1.37. The first-order chi connectivity index (χ1) is 16.6. The van der Waals surface area contributed by atoms with Gasteiger partial charge in [0.15, 0.2) is 5.75 Å². The summed E-state index contributed by atoms with van der Waals surface area (Å²) in [6.07, 6.45) is 7.85. The van der Waals surface area contributed by atoms with E-state index in [0.29, 0.717) is 60.6 Å². The number of ether oxygens (including phenoxy) is 1. The van der Waals surface area contributed by atoms with Crippen molar-refractivity contribution in [2.75, 3.05) is 32.1 Å². The van der Waals surface area contributed by atoms with Crippen molar-refractivity contribution in [2.24, 2.45) is 11.7 Å². The molecule has 4 N–H and O–H groups in total. The zero-order chi connectivity index (χ0) is 23.7. The van der Waals surface area contributed by atoms with E-state index in [9.17, 15) is 9.90 Å². The van der Waals surface area contributed by atoms with Crippen LogP contribution in [0.3, 0.4) is 0 Å². The van der Waals surface area contributed by atoms with Crippen molar-refractivity contribution in [2.45, 2.75) is 31.4 Å². The topological polar surface area (TPSA) is 131 Å². The lowest BCUT2D eigenvalue weighted by Gasteiger charge is -2.16. The summed E-state index contributed by atoms with van der Waals surface area (Å²) < 4.78 is 7.41. The van der Waals surface area contributed by atoms with E-state index in [2.05, 4.69) is 20.4 Å². The predicted molar refractivity (Wildman–Crippen MR) is 127 cm³/mol. The molecule has 1 saturated heterocycles. The van der Waals surface area contributed by atoms with Gasteiger partial charge in [0.25, 0.3) is 5.91 Å². The number of likely N-dealkylation sites (tertiary alicyclic amines) is 1. The van der Waals surface area contributed by atoms with Crippen LogP contribution < -0.4 is 15.8 Å². The minimum atomic E-state index is -0.454. The van der Waals surface area contributed by atoms with E-state index < -0.39 is 6.10 Å². The molecule has 2 aromatic heterocycles. The molecule has 1 aliphatic carbocycles. The Hall–Kier alpha value is -3.50. The number of β-amino-alcohol motifs (C(OH)–C–C–N with tert-alkyl or cyclic N) is 1. The number of benzene rings is 1. The van der Waals surface area contributed by atoms with E-state index in [4.69, 9.17) is 10.5 Å². The van der Waals surface area contributed by atoms with Crippen LogP contribution in [0.4, 0.5) is 11.6 Å². The first kappa shape index (κ1) is 22.3. The molecule has 1 aromatic carbocycles. The molecule has 0 spiro atoms. The van der Waals surface area contributed by atoms with Gasteiger partial charge in [-0.1, -0.05) is 6.07 Å². The summed E-state index contributed by atoms with van der Waals surface area (Å²) in [6, 6.07) is 7.38. The number of aliphatic hydroxyl groups excluding tert-OH is 1. The number of carbonyl (C=O) groups is 1. The van der Waals surface area contributed by atoms with Crippen LogP contribution in [0.1, 0.15) is 35.7 Å². The Morgan fingerprint density at radius 3 is 2.88 bits per heavy atom. The van der Waals surface area contributed by atoms with Gasteiger partial charge in [-0.2, -0.15) is 5.10 Å². The lowest BCUT2D eigenvalue weighted by molar-refractivity contribution is 0.0765. The Kier molecular flexibility index (Phi) is 6.16. The van der Waals surface area contributed by atoms with Crippen LogP contribution in [-0.4, -0.2) is 68.5 Å². The van der Waals surface area contributed by atoms with Crippen molar-refractivity contribution in [3.63, 3.8) is 0 Å². The molecule has 2 atom stereocenters. The molecule has 1 amide bonds. The largest absolute Gasteiger partial charge is 0.493 e. The van der Waals surface area contributed by atoms with Gasteiger partial charge in [0.1, 0.15) is 5.69 Å². The van der Waals surface area contributed by atoms with Crippen LogP contribution in [0, 0.1) is 5.92 Å². The molecule has 2 aliphatic rings. The summed E-state index contributed by atoms with van der Waals surface area (Å²) in [4.78, 5) is 23.5. The van der Waals surface area contributed by atoms with Gasteiger partial charge in [-0.15, -0.1) is 0 Å². The lowest BCUT2D eigenvalue weighted by atomic mass is 10.1. The van der Waals surface area contributed by atoms with E-state index in [-0.39, 0.29) is 11.9 Å². The molecule has 10 heteroatoms. The van der Waals surface area contributed by atoms with Crippen molar-refractivity contribution in [1.29, 1.82) is 0 Å². The van der Waals surface area contributed by atoms with Gasteiger partial charge in [-0.3, -0.25) is 9.48 Å². The predicted octanol–water partition coefficient (Wildman–Crippen LogP) is 2.21. The Morgan fingerprint density at radius 1 is 1.32 bits per heavy atom. The zero-order valence-corrected chi connectivity index (χ0v) is 19.1. The molecule has 5 rings (SSSR count). The van der Waals surface area contributed by atoms with Crippen molar-refractivity contribution in [1.82, 2.24) is 24.6 Å². The van der Waals surface area contributed by atoms with Crippen molar-refractivity contribution >= 4 is 17.5 Å². The van der Waals surface area contributed by atoms with E-state index in [0.717, 1.165) is 5.56 Å².